The summed E-state index contributed by atoms with van der Waals surface area (Å²) in [5.74, 6) is -4.68. The maximum Gasteiger partial charge on any atom is 0.326 e. The summed E-state index contributed by atoms with van der Waals surface area (Å²) >= 11 is 0. The first-order chi connectivity index (χ1) is 14.3. The van der Waals surface area contributed by atoms with Crippen LogP contribution in [0.25, 0.3) is 0 Å². The van der Waals surface area contributed by atoms with Crippen molar-refractivity contribution >= 4 is 29.7 Å². The molecule has 1 heterocycles. The molecule has 0 bridgehead atoms. The number of rotatable bonds is 11. The van der Waals surface area contributed by atoms with Gasteiger partial charge in [-0.15, -0.1) is 0 Å². The minimum absolute atomic E-state index is 0.129. The lowest BCUT2D eigenvalue weighted by Gasteiger charge is -2.30. The van der Waals surface area contributed by atoms with E-state index < -0.39 is 60.2 Å². The van der Waals surface area contributed by atoms with E-state index in [2.05, 4.69) is 10.6 Å². The van der Waals surface area contributed by atoms with Crippen molar-refractivity contribution in [3.63, 3.8) is 0 Å². The smallest absolute Gasteiger partial charge is 0.326 e. The van der Waals surface area contributed by atoms with Gasteiger partial charge in [-0.2, -0.15) is 0 Å². The van der Waals surface area contributed by atoms with E-state index in [0.29, 0.717) is 19.3 Å². The lowest BCUT2D eigenvalue weighted by atomic mass is 10.0. The molecule has 176 valence electrons. The Morgan fingerprint density at radius 3 is 2.16 bits per heavy atom. The topological polar surface area (TPSA) is 179 Å². The molecule has 1 aliphatic heterocycles. The second kappa shape index (κ2) is 11.6. The summed E-state index contributed by atoms with van der Waals surface area (Å²) in [7, 11) is 0. The Balaban J connectivity index is 2.96. The average molecular weight is 443 g/mol. The molecule has 4 atom stereocenters. The second-order valence-corrected chi connectivity index (χ2v) is 8.65. The highest BCUT2D eigenvalue weighted by Gasteiger charge is 2.40. The van der Waals surface area contributed by atoms with E-state index in [4.69, 9.17) is 5.73 Å². The predicted molar refractivity (Wildman–Crippen MR) is 111 cm³/mol. The molecule has 1 rings (SSSR count). The van der Waals surface area contributed by atoms with E-state index in [1.54, 1.807) is 13.8 Å². The molecule has 0 aliphatic carbocycles. The van der Waals surface area contributed by atoms with Crippen molar-refractivity contribution in [1.82, 2.24) is 15.5 Å². The number of carboxylic acid groups (broad SMARTS) is 2. The molecule has 11 heteroatoms. The Kier molecular flexibility index (Phi) is 9.89. The van der Waals surface area contributed by atoms with Crippen LogP contribution in [0, 0.1) is 11.8 Å². The van der Waals surface area contributed by atoms with Crippen LogP contribution in [0.2, 0.25) is 0 Å². The Morgan fingerprint density at radius 1 is 1.06 bits per heavy atom. The summed E-state index contributed by atoms with van der Waals surface area (Å²) in [6.45, 7) is 7.25. The number of hydrogen-bond acceptors (Lipinski definition) is 6. The molecule has 6 N–H and O–H groups in total. The third kappa shape index (κ3) is 7.82. The molecule has 1 saturated heterocycles. The zero-order valence-corrected chi connectivity index (χ0v) is 18.5. The SMILES string of the molecule is CC(C)CC(N)C(=O)NC(CC(=O)O)C(=O)N1CCCC1C(=O)NC(C(=O)O)C(C)C. The van der Waals surface area contributed by atoms with Gasteiger partial charge in [0.05, 0.1) is 12.5 Å². The van der Waals surface area contributed by atoms with Crippen LogP contribution in [-0.2, 0) is 24.0 Å². The van der Waals surface area contributed by atoms with Gasteiger partial charge in [0.2, 0.25) is 17.7 Å². The summed E-state index contributed by atoms with van der Waals surface area (Å²) in [6, 6.07) is -4.33. The first-order valence-electron chi connectivity index (χ1n) is 10.5. The number of carboxylic acids is 2. The molecule has 0 aromatic carbocycles. The number of likely N-dealkylation sites (tertiary alicyclic amines) is 1. The second-order valence-electron chi connectivity index (χ2n) is 8.65. The van der Waals surface area contributed by atoms with Gasteiger partial charge in [0.1, 0.15) is 18.1 Å². The Bertz CT molecular complexity index is 695. The molecule has 1 aliphatic rings. The number of nitrogens with one attached hydrogen (secondary N) is 2. The van der Waals surface area contributed by atoms with Crippen molar-refractivity contribution in [2.45, 2.75) is 77.5 Å². The summed E-state index contributed by atoms with van der Waals surface area (Å²) < 4.78 is 0. The lowest BCUT2D eigenvalue weighted by molar-refractivity contribution is -0.147. The zero-order valence-electron chi connectivity index (χ0n) is 18.5. The van der Waals surface area contributed by atoms with Gasteiger partial charge in [-0.25, -0.2) is 4.79 Å². The Morgan fingerprint density at radius 2 is 1.68 bits per heavy atom. The van der Waals surface area contributed by atoms with Crippen molar-refractivity contribution in [1.29, 1.82) is 0 Å². The van der Waals surface area contributed by atoms with E-state index in [9.17, 15) is 34.2 Å². The van der Waals surface area contributed by atoms with Crippen molar-refractivity contribution in [2.24, 2.45) is 17.6 Å². The molecular formula is C20H34N4O7. The Labute approximate surface area is 181 Å². The van der Waals surface area contributed by atoms with E-state index >= 15 is 0 Å². The molecule has 3 amide bonds. The molecule has 0 radical (unpaired) electrons. The number of hydrogen-bond donors (Lipinski definition) is 5. The van der Waals surface area contributed by atoms with Gasteiger partial charge >= 0.3 is 11.9 Å². The summed E-state index contributed by atoms with van der Waals surface area (Å²) in [4.78, 5) is 61.9. The fourth-order valence-corrected chi connectivity index (χ4v) is 3.53. The lowest BCUT2D eigenvalue weighted by Crippen LogP contribution is -2.57. The number of nitrogens with two attached hydrogens (primary N) is 1. The van der Waals surface area contributed by atoms with Crippen molar-refractivity contribution in [3.8, 4) is 0 Å². The number of aliphatic carboxylic acids is 2. The molecule has 1 fully saturated rings. The summed E-state index contributed by atoms with van der Waals surface area (Å²) in [6.07, 6.45) is 0.500. The number of carbonyl (C=O) groups is 5. The highest BCUT2D eigenvalue weighted by molar-refractivity contribution is 5.96. The Hall–Kier alpha value is -2.69. The third-order valence-electron chi connectivity index (χ3n) is 5.12. The predicted octanol–water partition coefficient (Wildman–Crippen LogP) is -0.464. The van der Waals surface area contributed by atoms with E-state index in [-0.39, 0.29) is 18.4 Å². The maximum absolute atomic E-state index is 13.0. The molecule has 0 spiro atoms. The number of carbonyl (C=O) groups excluding carboxylic acids is 3. The van der Waals surface area contributed by atoms with Gasteiger partial charge in [0.25, 0.3) is 0 Å². The van der Waals surface area contributed by atoms with Crippen molar-refractivity contribution in [2.75, 3.05) is 6.54 Å². The van der Waals surface area contributed by atoms with Crippen LogP contribution >= 0.6 is 0 Å². The normalized spacial score (nSPS) is 19.1. The fourth-order valence-electron chi connectivity index (χ4n) is 3.53. The molecule has 31 heavy (non-hydrogen) atoms. The van der Waals surface area contributed by atoms with Crippen molar-refractivity contribution < 1.29 is 34.2 Å². The third-order valence-corrected chi connectivity index (χ3v) is 5.12. The molecule has 0 aromatic rings. The van der Waals surface area contributed by atoms with Gasteiger partial charge in [0, 0.05) is 6.54 Å². The molecular weight excluding hydrogens is 408 g/mol. The van der Waals surface area contributed by atoms with E-state index in [0.717, 1.165) is 0 Å². The van der Waals surface area contributed by atoms with Crippen LogP contribution in [0.1, 0.15) is 53.4 Å². The van der Waals surface area contributed by atoms with Crippen LogP contribution in [0.3, 0.4) is 0 Å². The first kappa shape index (κ1) is 26.3. The fraction of sp³-hybridized carbons (Fsp3) is 0.750. The quantitative estimate of drug-likeness (QED) is 0.285. The largest absolute Gasteiger partial charge is 0.481 e. The monoisotopic (exact) mass is 442 g/mol. The highest BCUT2D eigenvalue weighted by atomic mass is 16.4. The van der Waals surface area contributed by atoms with Crippen LogP contribution in [-0.4, -0.2) is 75.5 Å². The summed E-state index contributed by atoms with van der Waals surface area (Å²) in [5, 5.41) is 23.3. The van der Waals surface area contributed by atoms with Gasteiger partial charge in [-0.1, -0.05) is 27.7 Å². The minimum atomic E-state index is -1.38. The van der Waals surface area contributed by atoms with Crippen LogP contribution in [0.15, 0.2) is 0 Å². The number of nitrogens with zero attached hydrogens (tertiary/aromatic N) is 1. The van der Waals surface area contributed by atoms with E-state index in [1.807, 2.05) is 13.8 Å². The van der Waals surface area contributed by atoms with E-state index in [1.165, 1.54) is 4.90 Å². The van der Waals surface area contributed by atoms with Gasteiger partial charge in [0.15, 0.2) is 0 Å². The van der Waals surface area contributed by atoms with Crippen LogP contribution < -0.4 is 16.4 Å². The average Bonchev–Trinajstić information content (AvgIpc) is 3.13. The van der Waals surface area contributed by atoms with Gasteiger partial charge in [-0.05, 0) is 31.1 Å². The minimum Gasteiger partial charge on any atom is -0.481 e. The summed E-state index contributed by atoms with van der Waals surface area (Å²) in [5.41, 5.74) is 5.83. The zero-order chi connectivity index (χ0) is 23.9. The van der Waals surface area contributed by atoms with Crippen LogP contribution in [0.5, 0.6) is 0 Å². The molecule has 0 aromatic heterocycles. The number of amides is 3. The molecule has 0 saturated carbocycles. The first-order valence-corrected chi connectivity index (χ1v) is 10.5. The van der Waals surface area contributed by atoms with Crippen molar-refractivity contribution in [3.05, 3.63) is 0 Å². The van der Waals surface area contributed by atoms with Gasteiger partial charge < -0.3 is 31.5 Å². The molecule has 4 unspecified atom stereocenters. The molecule has 11 nitrogen and oxygen atoms in total. The van der Waals surface area contributed by atoms with Crippen LogP contribution in [0.4, 0.5) is 0 Å². The van der Waals surface area contributed by atoms with Gasteiger partial charge in [-0.3, -0.25) is 19.2 Å². The maximum atomic E-state index is 13.0. The highest BCUT2D eigenvalue weighted by Crippen LogP contribution is 2.20. The standard InChI is InChI=1S/C20H34N4O7/c1-10(2)8-12(21)17(27)22-13(9-15(25)26)19(29)24-7-5-6-14(24)18(28)23-16(11(3)4)20(30)31/h10-14,16H,5-9,21H2,1-4H3,(H,22,27)(H,23,28)(H,25,26)(H,30,31).